The molecule has 0 radical (unpaired) electrons. The van der Waals surface area contributed by atoms with Crippen molar-refractivity contribution < 1.29 is 0 Å². The molecule has 0 unspecified atom stereocenters. The van der Waals surface area contributed by atoms with E-state index in [1.54, 1.807) is 0 Å². The highest BCUT2D eigenvalue weighted by Gasteiger charge is 2.29. The van der Waals surface area contributed by atoms with Gasteiger partial charge in [0.2, 0.25) is 0 Å². The van der Waals surface area contributed by atoms with Crippen molar-refractivity contribution in [2.75, 3.05) is 13.1 Å². The third-order valence-electron chi connectivity index (χ3n) is 3.36. The van der Waals surface area contributed by atoms with Gasteiger partial charge in [0, 0.05) is 12.1 Å². The Morgan fingerprint density at radius 3 is 2.67 bits per heavy atom. The molecule has 2 heterocycles. The van der Waals surface area contributed by atoms with Gasteiger partial charge in [-0.2, -0.15) is 5.10 Å². The number of nitrogens with one attached hydrogen (secondary N) is 1. The van der Waals surface area contributed by atoms with E-state index in [0.29, 0.717) is 6.04 Å². The van der Waals surface area contributed by atoms with Crippen molar-refractivity contribution in [2.45, 2.75) is 37.6 Å². The van der Waals surface area contributed by atoms with Gasteiger partial charge in [0.05, 0.1) is 16.2 Å². The third-order valence-corrected chi connectivity index (χ3v) is 3.97. The van der Waals surface area contributed by atoms with Gasteiger partial charge in [-0.05, 0) is 54.7 Å². The summed E-state index contributed by atoms with van der Waals surface area (Å²) in [4.78, 5) is 0. The summed E-state index contributed by atoms with van der Waals surface area (Å²) >= 11 is 3.63. The molecular formula is C11H16BrN3. The van der Waals surface area contributed by atoms with Gasteiger partial charge < -0.3 is 5.32 Å². The molecule has 1 saturated heterocycles. The summed E-state index contributed by atoms with van der Waals surface area (Å²) in [6.45, 7) is 2.25. The van der Waals surface area contributed by atoms with Gasteiger partial charge in [-0.1, -0.05) is 0 Å². The van der Waals surface area contributed by atoms with Crippen molar-refractivity contribution in [2.24, 2.45) is 0 Å². The molecule has 1 aromatic rings. The van der Waals surface area contributed by atoms with E-state index in [2.05, 4.69) is 32.1 Å². The molecule has 82 valence electrons. The van der Waals surface area contributed by atoms with Crippen LogP contribution in [0.25, 0.3) is 0 Å². The molecule has 0 atom stereocenters. The maximum atomic E-state index is 4.74. The molecular weight excluding hydrogens is 254 g/mol. The number of nitrogens with zero attached hydrogens (tertiary/aromatic N) is 2. The predicted octanol–water partition coefficient (Wildman–Crippen LogP) is 2.45. The van der Waals surface area contributed by atoms with Crippen LogP contribution in [0.2, 0.25) is 0 Å². The number of rotatable bonds is 2. The minimum atomic E-state index is 0.607. The Balaban J connectivity index is 1.81. The molecule has 2 aliphatic rings. The monoisotopic (exact) mass is 269 g/mol. The third kappa shape index (κ3) is 1.97. The number of hydrogen-bond donors (Lipinski definition) is 1. The fraction of sp³-hybridized carbons (Fsp3) is 0.727. The zero-order valence-electron chi connectivity index (χ0n) is 8.75. The van der Waals surface area contributed by atoms with Crippen LogP contribution in [0.15, 0.2) is 10.7 Å². The van der Waals surface area contributed by atoms with Crippen molar-refractivity contribution in [3.63, 3.8) is 0 Å². The Hall–Kier alpha value is -0.350. The second kappa shape index (κ2) is 3.91. The van der Waals surface area contributed by atoms with Crippen LogP contribution in [0, 0.1) is 0 Å². The summed E-state index contributed by atoms with van der Waals surface area (Å²) in [6.07, 6.45) is 7.23. The molecule has 4 heteroatoms. The Morgan fingerprint density at radius 1 is 1.27 bits per heavy atom. The highest BCUT2D eigenvalue weighted by molar-refractivity contribution is 9.10. The number of piperidine rings is 1. The van der Waals surface area contributed by atoms with Gasteiger partial charge in [0.25, 0.3) is 0 Å². The molecule has 1 N–H and O–H groups in total. The lowest BCUT2D eigenvalue weighted by atomic mass is 10.1. The van der Waals surface area contributed by atoms with Crippen molar-refractivity contribution in [3.05, 3.63) is 16.4 Å². The average molecular weight is 270 g/mol. The Morgan fingerprint density at radius 2 is 2.00 bits per heavy atom. The molecule has 0 spiro atoms. The Kier molecular flexibility index (Phi) is 2.56. The summed E-state index contributed by atoms with van der Waals surface area (Å²) in [5.74, 6) is 0.738. The average Bonchev–Trinajstić information content (AvgIpc) is 3.04. The topological polar surface area (TPSA) is 29.9 Å². The maximum absolute atomic E-state index is 4.74. The van der Waals surface area contributed by atoms with Crippen LogP contribution in [0.1, 0.15) is 43.3 Å². The number of hydrogen-bond acceptors (Lipinski definition) is 2. The van der Waals surface area contributed by atoms with Crippen LogP contribution >= 0.6 is 15.9 Å². The predicted molar refractivity (Wildman–Crippen MR) is 63.0 cm³/mol. The highest BCUT2D eigenvalue weighted by atomic mass is 79.9. The summed E-state index contributed by atoms with van der Waals surface area (Å²) in [5.41, 5.74) is 1.29. The van der Waals surface area contributed by atoms with E-state index >= 15 is 0 Å². The zero-order valence-corrected chi connectivity index (χ0v) is 10.3. The SMILES string of the molecule is Brc1cn(C2CCNCC2)nc1C1CC1. The summed E-state index contributed by atoms with van der Waals surface area (Å²) in [7, 11) is 0. The molecule has 2 fully saturated rings. The van der Waals surface area contributed by atoms with Crippen LogP contribution in [-0.4, -0.2) is 22.9 Å². The summed E-state index contributed by atoms with van der Waals surface area (Å²) in [5, 5.41) is 8.13. The van der Waals surface area contributed by atoms with Crippen LogP contribution < -0.4 is 5.32 Å². The molecule has 0 aromatic carbocycles. The first-order valence-electron chi connectivity index (χ1n) is 5.80. The lowest BCUT2D eigenvalue weighted by Gasteiger charge is -2.22. The van der Waals surface area contributed by atoms with Crippen molar-refractivity contribution in [3.8, 4) is 0 Å². The first-order valence-corrected chi connectivity index (χ1v) is 6.59. The van der Waals surface area contributed by atoms with Gasteiger partial charge in [0.15, 0.2) is 0 Å². The molecule has 1 aromatic heterocycles. The Bertz CT molecular complexity index is 351. The normalized spacial score (nSPS) is 23.3. The van der Waals surface area contributed by atoms with E-state index in [1.165, 1.54) is 35.8 Å². The van der Waals surface area contributed by atoms with Crippen LogP contribution in [0.5, 0.6) is 0 Å². The zero-order chi connectivity index (χ0) is 10.3. The quantitative estimate of drug-likeness (QED) is 0.894. The summed E-state index contributed by atoms with van der Waals surface area (Å²) < 4.78 is 3.39. The maximum Gasteiger partial charge on any atom is 0.0797 e. The standard InChI is InChI=1S/C11H16BrN3/c12-10-7-15(9-3-5-13-6-4-9)14-11(10)8-1-2-8/h7-9,13H,1-6H2. The van der Waals surface area contributed by atoms with E-state index in [4.69, 9.17) is 5.10 Å². The molecule has 1 aliphatic carbocycles. The van der Waals surface area contributed by atoms with Crippen LogP contribution in [-0.2, 0) is 0 Å². The molecule has 0 bridgehead atoms. The van der Waals surface area contributed by atoms with Crippen LogP contribution in [0.4, 0.5) is 0 Å². The van der Waals surface area contributed by atoms with E-state index in [0.717, 1.165) is 19.0 Å². The fourth-order valence-electron chi connectivity index (χ4n) is 2.28. The highest BCUT2D eigenvalue weighted by Crippen LogP contribution is 2.42. The van der Waals surface area contributed by atoms with E-state index in [9.17, 15) is 0 Å². The number of halogens is 1. The van der Waals surface area contributed by atoms with Crippen molar-refractivity contribution in [1.82, 2.24) is 15.1 Å². The first kappa shape index (κ1) is 9.85. The van der Waals surface area contributed by atoms with Crippen molar-refractivity contribution >= 4 is 15.9 Å². The molecule has 3 rings (SSSR count). The molecule has 0 amide bonds. The second-order valence-electron chi connectivity index (χ2n) is 4.60. The number of aromatic nitrogens is 2. The molecule has 3 nitrogen and oxygen atoms in total. The molecule has 15 heavy (non-hydrogen) atoms. The summed E-state index contributed by atoms with van der Waals surface area (Å²) in [6, 6.07) is 0.607. The minimum absolute atomic E-state index is 0.607. The largest absolute Gasteiger partial charge is 0.317 e. The van der Waals surface area contributed by atoms with Gasteiger partial charge in [-0.15, -0.1) is 0 Å². The molecule has 1 saturated carbocycles. The first-order chi connectivity index (χ1) is 7.34. The van der Waals surface area contributed by atoms with Gasteiger partial charge in [0.1, 0.15) is 0 Å². The molecule has 1 aliphatic heterocycles. The van der Waals surface area contributed by atoms with Crippen LogP contribution in [0.3, 0.4) is 0 Å². The minimum Gasteiger partial charge on any atom is -0.317 e. The van der Waals surface area contributed by atoms with Gasteiger partial charge in [-0.25, -0.2) is 0 Å². The van der Waals surface area contributed by atoms with E-state index in [1.807, 2.05) is 0 Å². The van der Waals surface area contributed by atoms with E-state index < -0.39 is 0 Å². The lowest BCUT2D eigenvalue weighted by molar-refractivity contribution is 0.341. The van der Waals surface area contributed by atoms with Gasteiger partial charge in [-0.3, -0.25) is 4.68 Å². The van der Waals surface area contributed by atoms with Crippen molar-refractivity contribution in [1.29, 1.82) is 0 Å². The Labute approximate surface area is 98.4 Å². The lowest BCUT2D eigenvalue weighted by Crippen LogP contribution is -2.29. The van der Waals surface area contributed by atoms with E-state index in [-0.39, 0.29) is 0 Å². The van der Waals surface area contributed by atoms with Gasteiger partial charge >= 0.3 is 0 Å². The smallest absolute Gasteiger partial charge is 0.0797 e. The second-order valence-corrected chi connectivity index (χ2v) is 5.45. The fourth-order valence-corrected chi connectivity index (χ4v) is 2.89.